The summed E-state index contributed by atoms with van der Waals surface area (Å²) >= 11 is 0. The first kappa shape index (κ1) is 13.1. The third kappa shape index (κ3) is 2.92. The molecule has 0 radical (unpaired) electrons. The summed E-state index contributed by atoms with van der Waals surface area (Å²) in [7, 11) is 2.13. The second-order valence-corrected chi connectivity index (χ2v) is 6.06. The molecule has 0 unspecified atom stereocenters. The topological polar surface area (TPSA) is 41.0 Å². The Labute approximate surface area is 110 Å². The Morgan fingerprint density at radius 3 is 2.50 bits per heavy atom. The molecule has 4 nitrogen and oxygen atoms in total. The first-order chi connectivity index (χ1) is 8.41. The van der Waals surface area contributed by atoms with Crippen molar-refractivity contribution in [2.24, 2.45) is 0 Å². The molecule has 1 saturated carbocycles. The molecule has 1 aromatic rings. The Morgan fingerprint density at radius 1 is 1.33 bits per heavy atom. The van der Waals surface area contributed by atoms with Gasteiger partial charge in [-0.3, -0.25) is 0 Å². The number of rotatable bonds is 4. The zero-order chi connectivity index (χ0) is 13.3. The van der Waals surface area contributed by atoms with E-state index in [-0.39, 0.29) is 5.41 Å². The van der Waals surface area contributed by atoms with Crippen LogP contribution in [0.5, 0.6) is 0 Å². The zero-order valence-electron chi connectivity index (χ0n) is 12.1. The van der Waals surface area contributed by atoms with E-state index >= 15 is 0 Å². The number of aromatic nitrogens is 2. The molecule has 0 aromatic carbocycles. The number of nitrogens with zero attached hydrogens (tertiary/aromatic N) is 3. The molecule has 1 heterocycles. The number of nitrogens with one attached hydrogen (secondary N) is 1. The van der Waals surface area contributed by atoms with Gasteiger partial charge in [0.2, 0.25) is 0 Å². The predicted molar refractivity (Wildman–Crippen MR) is 76.3 cm³/mol. The summed E-state index contributed by atoms with van der Waals surface area (Å²) in [5, 5.41) is 3.30. The van der Waals surface area contributed by atoms with Gasteiger partial charge >= 0.3 is 0 Å². The third-order valence-electron chi connectivity index (χ3n) is 3.20. The van der Waals surface area contributed by atoms with Crippen LogP contribution in [-0.2, 0) is 5.41 Å². The van der Waals surface area contributed by atoms with Gasteiger partial charge in [-0.25, -0.2) is 9.97 Å². The van der Waals surface area contributed by atoms with Crippen LogP contribution in [0.15, 0.2) is 6.07 Å². The van der Waals surface area contributed by atoms with Crippen LogP contribution in [0.1, 0.15) is 46.4 Å². The maximum absolute atomic E-state index is 4.72. The monoisotopic (exact) mass is 248 g/mol. The summed E-state index contributed by atoms with van der Waals surface area (Å²) < 4.78 is 0. The molecule has 0 amide bonds. The molecule has 0 saturated heterocycles. The average molecular weight is 248 g/mol. The van der Waals surface area contributed by atoms with Gasteiger partial charge in [0.25, 0.3) is 0 Å². The van der Waals surface area contributed by atoms with Crippen molar-refractivity contribution < 1.29 is 0 Å². The van der Waals surface area contributed by atoms with E-state index < -0.39 is 0 Å². The summed E-state index contributed by atoms with van der Waals surface area (Å²) in [6.07, 6.45) is 2.56. The lowest BCUT2D eigenvalue weighted by Crippen LogP contribution is -2.24. The first-order valence-electron chi connectivity index (χ1n) is 6.78. The van der Waals surface area contributed by atoms with Crippen molar-refractivity contribution >= 4 is 11.6 Å². The van der Waals surface area contributed by atoms with E-state index in [0.29, 0.717) is 6.04 Å². The van der Waals surface area contributed by atoms with Crippen LogP contribution in [-0.4, -0.2) is 29.6 Å². The van der Waals surface area contributed by atoms with Crippen LogP contribution in [0.2, 0.25) is 0 Å². The average Bonchev–Trinajstić information content (AvgIpc) is 3.11. The molecule has 0 aliphatic heterocycles. The summed E-state index contributed by atoms with van der Waals surface area (Å²) in [6, 6.07) is 2.72. The third-order valence-corrected chi connectivity index (χ3v) is 3.20. The van der Waals surface area contributed by atoms with E-state index in [1.54, 1.807) is 0 Å². The fourth-order valence-electron chi connectivity index (χ4n) is 1.87. The minimum atomic E-state index is -0.0232. The fourth-order valence-corrected chi connectivity index (χ4v) is 1.87. The molecule has 0 bridgehead atoms. The second-order valence-electron chi connectivity index (χ2n) is 6.06. The molecule has 18 heavy (non-hydrogen) atoms. The maximum atomic E-state index is 4.72. The molecule has 1 aliphatic rings. The van der Waals surface area contributed by atoms with Crippen LogP contribution >= 0.6 is 0 Å². The Hall–Kier alpha value is -1.32. The van der Waals surface area contributed by atoms with E-state index in [4.69, 9.17) is 4.98 Å². The molecule has 100 valence electrons. The van der Waals surface area contributed by atoms with Crippen molar-refractivity contribution in [3.05, 3.63) is 11.9 Å². The molecular weight excluding hydrogens is 224 g/mol. The molecule has 1 aromatic heterocycles. The van der Waals surface area contributed by atoms with Crippen molar-refractivity contribution in [2.45, 2.75) is 52.0 Å². The molecule has 1 N–H and O–H groups in total. The van der Waals surface area contributed by atoms with Crippen molar-refractivity contribution in [3.8, 4) is 0 Å². The Morgan fingerprint density at radius 2 is 2.00 bits per heavy atom. The molecule has 1 aliphatic carbocycles. The standard InChI is InChI=1S/C14H24N4/c1-6-15-11-9-12(18(5)10-7-8-10)17-13(16-11)14(2,3)4/h9-10H,6-8H2,1-5H3,(H,15,16,17). The van der Waals surface area contributed by atoms with Crippen molar-refractivity contribution in [1.82, 2.24) is 9.97 Å². The highest BCUT2D eigenvalue weighted by Gasteiger charge is 2.28. The van der Waals surface area contributed by atoms with Crippen LogP contribution in [0, 0.1) is 0 Å². The maximum Gasteiger partial charge on any atom is 0.138 e. The quantitative estimate of drug-likeness (QED) is 0.889. The van der Waals surface area contributed by atoms with Gasteiger partial charge in [0.1, 0.15) is 17.5 Å². The minimum Gasteiger partial charge on any atom is -0.370 e. The lowest BCUT2D eigenvalue weighted by Gasteiger charge is -2.23. The normalized spacial score (nSPS) is 15.6. The summed E-state index contributed by atoms with van der Waals surface area (Å²) in [4.78, 5) is 11.6. The van der Waals surface area contributed by atoms with Gasteiger partial charge in [0.15, 0.2) is 0 Å². The summed E-state index contributed by atoms with van der Waals surface area (Å²) in [5.74, 6) is 2.87. The van der Waals surface area contributed by atoms with E-state index in [1.165, 1.54) is 12.8 Å². The molecule has 0 atom stereocenters. The predicted octanol–water partition coefficient (Wildman–Crippen LogP) is 2.80. The first-order valence-corrected chi connectivity index (χ1v) is 6.78. The van der Waals surface area contributed by atoms with Crippen LogP contribution < -0.4 is 10.2 Å². The van der Waals surface area contributed by atoms with E-state index in [1.807, 2.05) is 0 Å². The van der Waals surface area contributed by atoms with Crippen molar-refractivity contribution in [1.29, 1.82) is 0 Å². The lowest BCUT2D eigenvalue weighted by molar-refractivity contribution is 0.545. The lowest BCUT2D eigenvalue weighted by atomic mass is 9.96. The molecule has 2 rings (SSSR count). The largest absolute Gasteiger partial charge is 0.370 e. The smallest absolute Gasteiger partial charge is 0.138 e. The van der Waals surface area contributed by atoms with Crippen LogP contribution in [0.4, 0.5) is 11.6 Å². The van der Waals surface area contributed by atoms with E-state index in [2.05, 4.69) is 56.0 Å². The highest BCUT2D eigenvalue weighted by atomic mass is 15.2. The highest BCUT2D eigenvalue weighted by Crippen LogP contribution is 2.31. The second kappa shape index (κ2) is 4.75. The molecule has 0 spiro atoms. The highest BCUT2D eigenvalue weighted by molar-refractivity contribution is 5.50. The van der Waals surface area contributed by atoms with Gasteiger partial charge in [-0.05, 0) is 19.8 Å². The van der Waals surface area contributed by atoms with Crippen LogP contribution in [0.25, 0.3) is 0 Å². The SMILES string of the molecule is CCNc1cc(N(C)C2CC2)nc(C(C)(C)C)n1. The van der Waals surface area contributed by atoms with E-state index in [0.717, 1.165) is 24.0 Å². The number of hydrogen-bond donors (Lipinski definition) is 1. The van der Waals surface area contributed by atoms with Crippen molar-refractivity contribution in [2.75, 3.05) is 23.8 Å². The number of anilines is 2. The van der Waals surface area contributed by atoms with Gasteiger partial charge in [0.05, 0.1) is 0 Å². The van der Waals surface area contributed by atoms with Gasteiger partial charge < -0.3 is 10.2 Å². The van der Waals surface area contributed by atoms with Gasteiger partial charge in [-0.2, -0.15) is 0 Å². The fraction of sp³-hybridized carbons (Fsp3) is 0.714. The zero-order valence-corrected chi connectivity index (χ0v) is 12.1. The van der Waals surface area contributed by atoms with Gasteiger partial charge in [0, 0.05) is 31.1 Å². The Balaban J connectivity index is 2.35. The molecule has 4 heteroatoms. The van der Waals surface area contributed by atoms with Crippen LogP contribution in [0.3, 0.4) is 0 Å². The van der Waals surface area contributed by atoms with Gasteiger partial charge in [-0.15, -0.1) is 0 Å². The van der Waals surface area contributed by atoms with Crippen molar-refractivity contribution in [3.63, 3.8) is 0 Å². The Kier molecular flexibility index (Phi) is 3.46. The molecular formula is C14H24N4. The molecule has 1 fully saturated rings. The van der Waals surface area contributed by atoms with E-state index in [9.17, 15) is 0 Å². The Bertz CT molecular complexity index is 418. The number of hydrogen-bond acceptors (Lipinski definition) is 4. The summed E-state index contributed by atoms with van der Waals surface area (Å²) in [6.45, 7) is 9.42. The van der Waals surface area contributed by atoms with Gasteiger partial charge in [-0.1, -0.05) is 20.8 Å². The summed E-state index contributed by atoms with van der Waals surface area (Å²) in [5.41, 5.74) is -0.0232. The minimum absolute atomic E-state index is 0.0232.